The summed E-state index contributed by atoms with van der Waals surface area (Å²) in [5, 5.41) is 7.40. The number of nitrogens with zero attached hydrogens (tertiary/aromatic N) is 2. The molecule has 0 aromatic heterocycles. The molecule has 0 radical (unpaired) electrons. The molecule has 102 valence electrons. The van der Waals surface area contributed by atoms with Crippen LogP contribution in [-0.4, -0.2) is 74.7 Å². The van der Waals surface area contributed by atoms with Gasteiger partial charge in [-0.1, -0.05) is 0 Å². The SMILES string of the molecule is CN1CC2CNC(C3CC4CNCC4N3C)C2C1. The van der Waals surface area contributed by atoms with Crippen LogP contribution in [-0.2, 0) is 0 Å². The van der Waals surface area contributed by atoms with E-state index in [1.54, 1.807) is 0 Å². The highest BCUT2D eigenvalue weighted by Gasteiger charge is 2.51. The molecular weight excluding hydrogens is 224 g/mol. The van der Waals surface area contributed by atoms with Gasteiger partial charge in [0.25, 0.3) is 0 Å². The topological polar surface area (TPSA) is 30.5 Å². The molecule has 4 rings (SSSR count). The molecule has 0 bridgehead atoms. The largest absolute Gasteiger partial charge is 0.315 e. The third-order valence-electron chi connectivity index (χ3n) is 6.06. The van der Waals surface area contributed by atoms with Crippen molar-refractivity contribution in [2.24, 2.45) is 17.8 Å². The Morgan fingerprint density at radius 3 is 2.67 bits per heavy atom. The number of hydrogen-bond acceptors (Lipinski definition) is 4. The molecule has 2 N–H and O–H groups in total. The summed E-state index contributed by atoms with van der Waals surface area (Å²) >= 11 is 0. The molecule has 0 aliphatic carbocycles. The van der Waals surface area contributed by atoms with Crippen molar-refractivity contribution >= 4 is 0 Å². The number of rotatable bonds is 1. The Bertz CT molecular complexity index is 334. The fourth-order valence-electron chi connectivity index (χ4n) is 5.16. The summed E-state index contributed by atoms with van der Waals surface area (Å²) in [6.45, 7) is 6.31. The maximum absolute atomic E-state index is 3.85. The van der Waals surface area contributed by atoms with Crippen molar-refractivity contribution < 1.29 is 0 Å². The maximum Gasteiger partial charge on any atom is 0.0267 e. The minimum atomic E-state index is 0.746. The van der Waals surface area contributed by atoms with Gasteiger partial charge in [0.05, 0.1) is 0 Å². The van der Waals surface area contributed by atoms with Crippen LogP contribution < -0.4 is 10.6 Å². The van der Waals surface area contributed by atoms with E-state index in [9.17, 15) is 0 Å². The standard InChI is InChI=1S/C14H26N4/c1-17-7-10-5-16-14(11(10)8-17)12-3-9-4-15-6-13(9)18(12)2/h9-16H,3-8H2,1-2H3. The van der Waals surface area contributed by atoms with Gasteiger partial charge >= 0.3 is 0 Å². The molecule has 18 heavy (non-hydrogen) atoms. The van der Waals surface area contributed by atoms with Gasteiger partial charge in [0.1, 0.15) is 0 Å². The first kappa shape index (κ1) is 11.6. The van der Waals surface area contributed by atoms with Gasteiger partial charge < -0.3 is 15.5 Å². The Balaban J connectivity index is 1.51. The molecule has 4 saturated heterocycles. The van der Waals surface area contributed by atoms with Gasteiger partial charge in [-0.3, -0.25) is 4.90 Å². The minimum Gasteiger partial charge on any atom is -0.315 e. The Hall–Kier alpha value is -0.160. The van der Waals surface area contributed by atoms with Crippen molar-refractivity contribution in [2.75, 3.05) is 46.8 Å². The molecule has 0 aromatic rings. The quantitative estimate of drug-likeness (QED) is 0.652. The third kappa shape index (κ3) is 1.59. The lowest BCUT2D eigenvalue weighted by atomic mass is 9.88. The zero-order valence-corrected chi connectivity index (χ0v) is 11.6. The fraction of sp³-hybridized carbons (Fsp3) is 1.00. The molecule has 0 aromatic carbocycles. The summed E-state index contributed by atoms with van der Waals surface area (Å²) in [6, 6.07) is 2.33. The van der Waals surface area contributed by atoms with E-state index in [-0.39, 0.29) is 0 Å². The van der Waals surface area contributed by atoms with Crippen molar-refractivity contribution in [1.82, 2.24) is 20.4 Å². The lowest BCUT2D eigenvalue weighted by Gasteiger charge is -2.32. The predicted molar refractivity (Wildman–Crippen MR) is 72.6 cm³/mol. The van der Waals surface area contributed by atoms with E-state index >= 15 is 0 Å². The van der Waals surface area contributed by atoms with Crippen molar-refractivity contribution in [3.63, 3.8) is 0 Å². The number of likely N-dealkylation sites (N-methyl/N-ethyl adjacent to an activating group) is 1. The first-order valence-electron chi connectivity index (χ1n) is 7.58. The van der Waals surface area contributed by atoms with Gasteiger partial charge in [0, 0.05) is 37.8 Å². The molecule has 0 saturated carbocycles. The lowest BCUT2D eigenvalue weighted by Crippen LogP contribution is -2.49. The molecule has 4 aliphatic rings. The molecular formula is C14H26N4. The average Bonchev–Trinajstić information content (AvgIpc) is 3.02. The van der Waals surface area contributed by atoms with Gasteiger partial charge in [-0.25, -0.2) is 0 Å². The highest BCUT2D eigenvalue weighted by molar-refractivity contribution is 5.08. The second kappa shape index (κ2) is 4.17. The van der Waals surface area contributed by atoms with Crippen molar-refractivity contribution in [1.29, 1.82) is 0 Å². The Morgan fingerprint density at radius 1 is 0.944 bits per heavy atom. The molecule has 0 amide bonds. The summed E-state index contributed by atoms with van der Waals surface area (Å²) in [7, 11) is 4.64. The van der Waals surface area contributed by atoms with E-state index in [4.69, 9.17) is 0 Å². The first-order chi connectivity index (χ1) is 8.74. The zero-order chi connectivity index (χ0) is 12.3. The summed E-state index contributed by atoms with van der Waals surface area (Å²) in [5.41, 5.74) is 0. The molecule has 4 nitrogen and oxygen atoms in total. The van der Waals surface area contributed by atoms with Crippen LogP contribution in [0.3, 0.4) is 0 Å². The number of hydrogen-bond donors (Lipinski definition) is 2. The lowest BCUT2D eigenvalue weighted by molar-refractivity contribution is 0.182. The minimum absolute atomic E-state index is 0.746. The van der Waals surface area contributed by atoms with Gasteiger partial charge in [-0.05, 0) is 51.4 Å². The van der Waals surface area contributed by atoms with E-state index in [1.807, 2.05) is 0 Å². The van der Waals surface area contributed by atoms with Gasteiger partial charge in [0.15, 0.2) is 0 Å². The van der Waals surface area contributed by atoms with E-state index < -0.39 is 0 Å². The number of nitrogens with one attached hydrogen (secondary N) is 2. The van der Waals surface area contributed by atoms with Gasteiger partial charge in [0.2, 0.25) is 0 Å². The van der Waals surface area contributed by atoms with Crippen molar-refractivity contribution in [3.8, 4) is 0 Å². The van der Waals surface area contributed by atoms with Crippen molar-refractivity contribution in [3.05, 3.63) is 0 Å². The zero-order valence-electron chi connectivity index (χ0n) is 11.6. The van der Waals surface area contributed by atoms with Crippen LogP contribution in [0.25, 0.3) is 0 Å². The molecule has 0 spiro atoms. The Kier molecular flexibility index (Phi) is 2.70. The van der Waals surface area contributed by atoms with E-state index in [0.717, 1.165) is 35.9 Å². The van der Waals surface area contributed by atoms with Crippen LogP contribution in [0, 0.1) is 17.8 Å². The molecule has 6 atom stereocenters. The molecule has 4 fully saturated rings. The molecule has 4 heteroatoms. The number of fused-ring (bicyclic) bond motifs is 2. The monoisotopic (exact) mass is 250 g/mol. The van der Waals surface area contributed by atoms with Gasteiger partial charge in [-0.15, -0.1) is 0 Å². The summed E-state index contributed by atoms with van der Waals surface area (Å²) in [6.07, 6.45) is 1.40. The van der Waals surface area contributed by atoms with Crippen LogP contribution in [0.1, 0.15) is 6.42 Å². The summed E-state index contributed by atoms with van der Waals surface area (Å²) in [4.78, 5) is 5.21. The second-order valence-electron chi connectivity index (χ2n) is 7.03. The van der Waals surface area contributed by atoms with E-state index in [0.29, 0.717) is 0 Å². The predicted octanol–water partition coefficient (Wildman–Crippen LogP) is -0.572. The van der Waals surface area contributed by atoms with Crippen LogP contribution in [0.5, 0.6) is 0 Å². The number of likely N-dealkylation sites (tertiary alicyclic amines) is 2. The maximum atomic E-state index is 3.85. The third-order valence-corrected chi connectivity index (χ3v) is 6.06. The van der Waals surface area contributed by atoms with Crippen LogP contribution >= 0.6 is 0 Å². The van der Waals surface area contributed by atoms with Gasteiger partial charge in [-0.2, -0.15) is 0 Å². The molecule has 4 aliphatic heterocycles. The van der Waals surface area contributed by atoms with E-state index in [2.05, 4.69) is 34.5 Å². The first-order valence-corrected chi connectivity index (χ1v) is 7.58. The molecule has 6 unspecified atom stereocenters. The molecule has 4 heterocycles. The Labute approximate surface area is 110 Å². The Morgan fingerprint density at radius 2 is 1.83 bits per heavy atom. The van der Waals surface area contributed by atoms with E-state index in [1.165, 1.54) is 39.1 Å². The average molecular weight is 250 g/mol. The van der Waals surface area contributed by atoms with Crippen LogP contribution in [0.2, 0.25) is 0 Å². The summed E-state index contributed by atoms with van der Waals surface area (Å²) in [5.74, 6) is 2.71. The summed E-state index contributed by atoms with van der Waals surface area (Å²) < 4.78 is 0. The van der Waals surface area contributed by atoms with Crippen LogP contribution in [0.15, 0.2) is 0 Å². The van der Waals surface area contributed by atoms with Crippen molar-refractivity contribution in [2.45, 2.75) is 24.5 Å². The normalized spacial score (nSPS) is 53.0. The highest BCUT2D eigenvalue weighted by Crippen LogP contribution is 2.39. The smallest absolute Gasteiger partial charge is 0.0267 e. The van der Waals surface area contributed by atoms with Crippen LogP contribution in [0.4, 0.5) is 0 Å². The second-order valence-corrected chi connectivity index (χ2v) is 7.03. The fourth-order valence-corrected chi connectivity index (χ4v) is 5.16. The highest BCUT2D eigenvalue weighted by atomic mass is 15.3.